The molecule has 1 aromatic heterocycles. The second kappa shape index (κ2) is 5.16. The van der Waals surface area contributed by atoms with E-state index < -0.39 is 10.0 Å². The van der Waals surface area contributed by atoms with E-state index in [1.165, 1.54) is 4.68 Å². The van der Waals surface area contributed by atoms with Crippen LogP contribution in [0.25, 0.3) is 0 Å². The summed E-state index contributed by atoms with van der Waals surface area (Å²) in [6.07, 6.45) is 1.54. The van der Waals surface area contributed by atoms with Gasteiger partial charge in [-0.15, -0.1) is 0 Å². The number of rotatable bonds is 4. The normalized spacial score (nSPS) is 11.4. The van der Waals surface area contributed by atoms with Gasteiger partial charge in [0.15, 0.2) is 0 Å². The van der Waals surface area contributed by atoms with Gasteiger partial charge >= 0.3 is 0 Å². The van der Waals surface area contributed by atoms with E-state index in [9.17, 15) is 8.42 Å². The van der Waals surface area contributed by atoms with Gasteiger partial charge in [0.1, 0.15) is 5.82 Å². The van der Waals surface area contributed by atoms with Gasteiger partial charge in [-0.05, 0) is 37.1 Å². The van der Waals surface area contributed by atoms with Crippen LogP contribution in [0.1, 0.15) is 11.1 Å². The molecule has 0 saturated heterocycles. The molecular weight excluding hydrogens is 276 g/mol. The Balaban J connectivity index is 2.47. The molecular formula is C13H18N4O2S. The minimum absolute atomic E-state index is 0.303. The quantitative estimate of drug-likeness (QED) is 0.902. The van der Waals surface area contributed by atoms with Crippen LogP contribution < -0.4 is 10.0 Å². The largest absolute Gasteiger partial charge is 0.388 e. The standard InChI is InChI=1S/C13H18N4O2S/c1-9-7-11(14-3)8-10(2)13(9)20(18,19)16-12-5-6-15-17(12)4/h5-8,14,16H,1-4H3. The fourth-order valence-corrected chi connectivity index (χ4v) is 3.72. The van der Waals surface area contributed by atoms with Crippen molar-refractivity contribution in [3.63, 3.8) is 0 Å². The smallest absolute Gasteiger partial charge is 0.263 e. The highest BCUT2D eigenvalue weighted by Gasteiger charge is 2.21. The molecule has 1 aromatic carbocycles. The van der Waals surface area contributed by atoms with E-state index in [0.717, 1.165) is 5.69 Å². The molecule has 7 heteroatoms. The van der Waals surface area contributed by atoms with E-state index in [2.05, 4.69) is 15.1 Å². The maximum atomic E-state index is 12.5. The minimum Gasteiger partial charge on any atom is -0.388 e. The summed E-state index contributed by atoms with van der Waals surface area (Å²) in [6, 6.07) is 5.24. The van der Waals surface area contributed by atoms with E-state index in [0.29, 0.717) is 21.8 Å². The van der Waals surface area contributed by atoms with Crippen molar-refractivity contribution in [2.75, 3.05) is 17.1 Å². The van der Waals surface area contributed by atoms with Gasteiger partial charge in [0, 0.05) is 25.8 Å². The lowest BCUT2D eigenvalue weighted by Gasteiger charge is -2.14. The average Bonchev–Trinajstić information content (AvgIpc) is 2.72. The Hall–Kier alpha value is -2.02. The number of nitrogens with one attached hydrogen (secondary N) is 2. The molecule has 0 saturated carbocycles. The van der Waals surface area contributed by atoms with Crippen LogP contribution in [0.4, 0.5) is 11.5 Å². The Labute approximate surface area is 118 Å². The molecule has 2 aromatic rings. The van der Waals surface area contributed by atoms with Crippen molar-refractivity contribution >= 4 is 21.5 Å². The minimum atomic E-state index is -3.63. The number of hydrogen-bond donors (Lipinski definition) is 2. The highest BCUT2D eigenvalue weighted by Crippen LogP contribution is 2.26. The van der Waals surface area contributed by atoms with Crippen LogP contribution in [0, 0.1) is 13.8 Å². The van der Waals surface area contributed by atoms with Crippen LogP contribution in [0.15, 0.2) is 29.3 Å². The molecule has 0 bridgehead atoms. The number of sulfonamides is 1. The predicted octanol–water partition coefficient (Wildman–Crippen LogP) is 1.88. The lowest BCUT2D eigenvalue weighted by atomic mass is 10.1. The molecule has 108 valence electrons. The van der Waals surface area contributed by atoms with E-state index in [4.69, 9.17) is 0 Å². The van der Waals surface area contributed by atoms with Crippen molar-refractivity contribution in [2.24, 2.45) is 7.05 Å². The van der Waals surface area contributed by atoms with Gasteiger partial charge in [0.25, 0.3) is 10.0 Å². The average molecular weight is 294 g/mol. The highest BCUT2D eigenvalue weighted by atomic mass is 32.2. The topological polar surface area (TPSA) is 76.0 Å². The highest BCUT2D eigenvalue weighted by molar-refractivity contribution is 7.92. The van der Waals surface area contributed by atoms with Crippen molar-refractivity contribution in [1.29, 1.82) is 0 Å². The number of benzene rings is 1. The molecule has 0 aliphatic carbocycles. The van der Waals surface area contributed by atoms with Gasteiger partial charge in [0.2, 0.25) is 0 Å². The molecule has 1 heterocycles. The summed E-state index contributed by atoms with van der Waals surface area (Å²) in [7, 11) is -0.147. The Morgan fingerprint density at radius 2 is 1.80 bits per heavy atom. The zero-order chi connectivity index (χ0) is 14.9. The Kier molecular flexibility index (Phi) is 3.71. The Bertz CT molecular complexity index is 712. The van der Waals surface area contributed by atoms with Gasteiger partial charge in [-0.1, -0.05) is 0 Å². The second-order valence-electron chi connectivity index (χ2n) is 4.63. The van der Waals surface area contributed by atoms with Crippen LogP contribution in [0.3, 0.4) is 0 Å². The summed E-state index contributed by atoms with van der Waals surface area (Å²) >= 11 is 0. The van der Waals surface area contributed by atoms with Gasteiger partial charge in [-0.3, -0.25) is 9.40 Å². The summed E-state index contributed by atoms with van der Waals surface area (Å²) in [6.45, 7) is 3.57. The molecule has 0 aliphatic heterocycles. The first kappa shape index (κ1) is 14.4. The summed E-state index contributed by atoms with van der Waals surface area (Å²) < 4.78 is 29.1. The van der Waals surface area contributed by atoms with Crippen LogP contribution in [-0.2, 0) is 17.1 Å². The Morgan fingerprint density at radius 3 is 2.25 bits per heavy atom. The molecule has 6 nitrogen and oxygen atoms in total. The molecule has 0 radical (unpaired) electrons. The van der Waals surface area contributed by atoms with E-state index in [1.54, 1.807) is 40.2 Å². The zero-order valence-electron chi connectivity index (χ0n) is 11.9. The lowest BCUT2D eigenvalue weighted by molar-refractivity contribution is 0.599. The summed E-state index contributed by atoms with van der Waals surface area (Å²) in [5, 5.41) is 6.96. The van der Waals surface area contributed by atoms with Crippen LogP contribution in [0.2, 0.25) is 0 Å². The Morgan fingerprint density at radius 1 is 1.20 bits per heavy atom. The molecule has 0 amide bonds. The van der Waals surface area contributed by atoms with Gasteiger partial charge in [0.05, 0.1) is 11.1 Å². The second-order valence-corrected chi connectivity index (χ2v) is 6.25. The molecule has 2 N–H and O–H groups in total. The monoisotopic (exact) mass is 294 g/mol. The third kappa shape index (κ3) is 2.62. The van der Waals surface area contributed by atoms with Crippen molar-refractivity contribution in [2.45, 2.75) is 18.7 Å². The molecule has 0 aliphatic rings. The maximum absolute atomic E-state index is 12.5. The van der Waals surface area contributed by atoms with Gasteiger partial charge in [-0.2, -0.15) is 5.10 Å². The third-order valence-corrected chi connectivity index (χ3v) is 4.74. The maximum Gasteiger partial charge on any atom is 0.263 e. The number of aryl methyl sites for hydroxylation is 3. The van der Waals surface area contributed by atoms with Crippen molar-refractivity contribution in [3.05, 3.63) is 35.5 Å². The third-order valence-electron chi connectivity index (χ3n) is 3.08. The summed E-state index contributed by atoms with van der Waals surface area (Å²) in [4.78, 5) is 0.303. The van der Waals surface area contributed by atoms with Gasteiger partial charge < -0.3 is 5.32 Å². The number of hydrogen-bond acceptors (Lipinski definition) is 4. The van der Waals surface area contributed by atoms with Crippen molar-refractivity contribution in [1.82, 2.24) is 9.78 Å². The van der Waals surface area contributed by atoms with Crippen LogP contribution in [-0.4, -0.2) is 25.2 Å². The van der Waals surface area contributed by atoms with Crippen molar-refractivity contribution in [3.8, 4) is 0 Å². The SMILES string of the molecule is CNc1cc(C)c(S(=O)(=O)Nc2ccnn2C)c(C)c1. The fourth-order valence-electron chi connectivity index (χ4n) is 2.18. The lowest BCUT2D eigenvalue weighted by Crippen LogP contribution is -2.17. The number of aromatic nitrogens is 2. The summed E-state index contributed by atoms with van der Waals surface area (Å²) in [5.74, 6) is 0.432. The molecule has 20 heavy (non-hydrogen) atoms. The van der Waals surface area contributed by atoms with Crippen LogP contribution in [0.5, 0.6) is 0 Å². The molecule has 2 rings (SSSR count). The molecule has 0 fully saturated rings. The summed E-state index contributed by atoms with van der Waals surface area (Å²) in [5.41, 5.74) is 2.28. The zero-order valence-corrected chi connectivity index (χ0v) is 12.7. The van der Waals surface area contributed by atoms with E-state index in [1.807, 2.05) is 12.1 Å². The van der Waals surface area contributed by atoms with Crippen LogP contribution >= 0.6 is 0 Å². The number of nitrogens with zero attached hydrogens (tertiary/aromatic N) is 2. The molecule has 0 unspecified atom stereocenters. The molecule has 0 spiro atoms. The first-order valence-electron chi connectivity index (χ1n) is 6.15. The van der Waals surface area contributed by atoms with Gasteiger partial charge in [-0.25, -0.2) is 8.42 Å². The first-order valence-corrected chi connectivity index (χ1v) is 7.63. The fraction of sp³-hybridized carbons (Fsp3) is 0.308. The number of anilines is 2. The molecule has 0 atom stereocenters. The predicted molar refractivity (Wildman–Crippen MR) is 79.5 cm³/mol. The van der Waals surface area contributed by atoms with Crippen molar-refractivity contribution < 1.29 is 8.42 Å². The van der Waals surface area contributed by atoms with E-state index in [-0.39, 0.29) is 0 Å². The van der Waals surface area contributed by atoms with E-state index >= 15 is 0 Å². The first-order chi connectivity index (χ1) is 9.35.